The number of hydrogen-bond donors (Lipinski definition) is 3. The van der Waals surface area contributed by atoms with Crippen LogP contribution in [0.3, 0.4) is 0 Å². The summed E-state index contributed by atoms with van der Waals surface area (Å²) in [6, 6.07) is 4.48. The Balaban J connectivity index is 1.70. The molecule has 0 unspecified atom stereocenters. The molecule has 2 amide bonds. The lowest BCUT2D eigenvalue weighted by atomic mass is 10.1. The highest BCUT2D eigenvalue weighted by atomic mass is 79.9. The molecule has 6 heteroatoms. The average molecular weight is 345 g/mol. The highest BCUT2D eigenvalue weighted by molar-refractivity contribution is 9.10. The molecular formula is C14H18BrFN2O2. The van der Waals surface area contributed by atoms with Crippen molar-refractivity contribution in [1.29, 1.82) is 0 Å². The van der Waals surface area contributed by atoms with E-state index in [-0.39, 0.29) is 24.5 Å². The summed E-state index contributed by atoms with van der Waals surface area (Å²) in [6.07, 6.45) is 2.28. The normalized spacial score (nSPS) is 21.8. The number of halogens is 2. The van der Waals surface area contributed by atoms with Gasteiger partial charge in [0.15, 0.2) is 0 Å². The van der Waals surface area contributed by atoms with E-state index in [2.05, 4.69) is 26.6 Å². The van der Waals surface area contributed by atoms with Crippen LogP contribution in [-0.2, 0) is 6.54 Å². The molecular weight excluding hydrogens is 327 g/mol. The molecule has 1 aromatic rings. The molecule has 110 valence electrons. The molecule has 0 aliphatic heterocycles. The zero-order valence-electron chi connectivity index (χ0n) is 11.0. The minimum absolute atomic E-state index is 0.226. The second kappa shape index (κ2) is 7.04. The summed E-state index contributed by atoms with van der Waals surface area (Å²) in [6.45, 7) is 0.848. The Hall–Kier alpha value is -1.14. The maximum atomic E-state index is 13.3. The van der Waals surface area contributed by atoms with Crippen molar-refractivity contribution in [2.24, 2.45) is 5.92 Å². The predicted octanol–water partition coefficient (Wildman–Crippen LogP) is 2.55. The third-order valence-corrected chi connectivity index (χ3v) is 4.15. The van der Waals surface area contributed by atoms with Gasteiger partial charge < -0.3 is 15.7 Å². The third kappa shape index (κ3) is 4.45. The summed E-state index contributed by atoms with van der Waals surface area (Å²) in [5, 5.41) is 14.9. The first-order valence-corrected chi connectivity index (χ1v) is 7.47. The number of rotatable bonds is 4. The van der Waals surface area contributed by atoms with E-state index in [4.69, 9.17) is 0 Å². The lowest BCUT2D eigenvalue weighted by Crippen LogP contribution is -2.37. The lowest BCUT2D eigenvalue weighted by molar-refractivity contribution is 0.177. The second-order valence-electron chi connectivity index (χ2n) is 5.14. The van der Waals surface area contributed by atoms with Crippen molar-refractivity contribution in [3.63, 3.8) is 0 Å². The van der Waals surface area contributed by atoms with Crippen LogP contribution in [0.2, 0.25) is 0 Å². The minimum atomic E-state index is -0.343. The monoisotopic (exact) mass is 344 g/mol. The second-order valence-corrected chi connectivity index (χ2v) is 6.00. The highest BCUT2D eigenvalue weighted by Gasteiger charge is 2.22. The number of amides is 2. The van der Waals surface area contributed by atoms with Crippen LogP contribution >= 0.6 is 15.9 Å². The Kier molecular flexibility index (Phi) is 5.37. The van der Waals surface area contributed by atoms with Crippen molar-refractivity contribution in [1.82, 2.24) is 10.6 Å². The summed E-state index contributed by atoms with van der Waals surface area (Å²) >= 11 is 3.08. The number of nitrogens with one attached hydrogen (secondary N) is 2. The number of carbonyl (C=O) groups excluding carboxylic acids is 1. The molecule has 2 atom stereocenters. The summed E-state index contributed by atoms with van der Waals surface area (Å²) in [7, 11) is 0. The number of urea groups is 1. The average Bonchev–Trinajstić information content (AvgIpc) is 2.83. The van der Waals surface area contributed by atoms with Gasteiger partial charge in [0.1, 0.15) is 5.82 Å². The molecule has 0 saturated heterocycles. The van der Waals surface area contributed by atoms with E-state index in [0.29, 0.717) is 22.5 Å². The lowest BCUT2D eigenvalue weighted by Gasteiger charge is -2.12. The van der Waals surface area contributed by atoms with Gasteiger partial charge in [-0.25, -0.2) is 9.18 Å². The van der Waals surface area contributed by atoms with Crippen LogP contribution < -0.4 is 10.6 Å². The van der Waals surface area contributed by atoms with E-state index in [1.807, 2.05) is 0 Å². The standard InChI is InChI=1S/C14H18BrFN2O2/c15-12-4-2-10(6-13(12)16)8-18-14(20)17-7-9-1-3-11(19)5-9/h2,4,6,9,11,19H,1,3,5,7-8H2,(H2,17,18,20)/t9-,11+/m0/s1. The van der Waals surface area contributed by atoms with Crippen molar-refractivity contribution in [2.45, 2.75) is 31.9 Å². The largest absolute Gasteiger partial charge is 0.393 e. The smallest absolute Gasteiger partial charge is 0.315 e. The quantitative estimate of drug-likeness (QED) is 0.785. The van der Waals surface area contributed by atoms with Gasteiger partial charge in [-0.2, -0.15) is 0 Å². The van der Waals surface area contributed by atoms with Crippen LogP contribution in [0.15, 0.2) is 22.7 Å². The summed E-state index contributed by atoms with van der Waals surface area (Å²) in [5.74, 6) is 0.00512. The van der Waals surface area contributed by atoms with Gasteiger partial charge in [-0.1, -0.05) is 6.07 Å². The Morgan fingerprint density at radius 2 is 2.20 bits per heavy atom. The van der Waals surface area contributed by atoms with Crippen LogP contribution in [0.4, 0.5) is 9.18 Å². The van der Waals surface area contributed by atoms with Gasteiger partial charge in [0.05, 0.1) is 10.6 Å². The SMILES string of the molecule is O=C(NCc1ccc(Br)c(F)c1)NC[C@H]1CC[C@@H](O)C1. The minimum Gasteiger partial charge on any atom is -0.393 e. The predicted molar refractivity (Wildman–Crippen MR) is 77.7 cm³/mol. The number of aliphatic hydroxyl groups is 1. The molecule has 1 saturated carbocycles. The topological polar surface area (TPSA) is 61.4 Å². The maximum absolute atomic E-state index is 13.3. The molecule has 0 aromatic heterocycles. The molecule has 2 rings (SSSR count). The molecule has 4 nitrogen and oxygen atoms in total. The fourth-order valence-corrected chi connectivity index (χ4v) is 2.61. The van der Waals surface area contributed by atoms with E-state index in [0.717, 1.165) is 19.3 Å². The number of carbonyl (C=O) groups is 1. The van der Waals surface area contributed by atoms with Gasteiger partial charge in [-0.3, -0.25) is 0 Å². The van der Waals surface area contributed by atoms with Gasteiger partial charge in [0, 0.05) is 13.1 Å². The first kappa shape index (κ1) is 15.3. The third-order valence-electron chi connectivity index (χ3n) is 3.50. The number of hydrogen-bond acceptors (Lipinski definition) is 2. The molecule has 3 N–H and O–H groups in total. The van der Waals surface area contributed by atoms with E-state index in [1.54, 1.807) is 12.1 Å². The number of benzene rings is 1. The van der Waals surface area contributed by atoms with Crippen molar-refractivity contribution in [3.8, 4) is 0 Å². The fraction of sp³-hybridized carbons (Fsp3) is 0.500. The zero-order valence-corrected chi connectivity index (χ0v) is 12.6. The molecule has 1 aromatic carbocycles. The van der Waals surface area contributed by atoms with Crippen LogP contribution in [0.1, 0.15) is 24.8 Å². The van der Waals surface area contributed by atoms with Gasteiger partial charge in [-0.15, -0.1) is 0 Å². The number of aliphatic hydroxyl groups excluding tert-OH is 1. The summed E-state index contributed by atoms with van der Waals surface area (Å²) < 4.78 is 13.7. The van der Waals surface area contributed by atoms with E-state index in [1.165, 1.54) is 6.07 Å². The van der Waals surface area contributed by atoms with Gasteiger partial charge in [0.2, 0.25) is 0 Å². The first-order chi connectivity index (χ1) is 9.54. The first-order valence-electron chi connectivity index (χ1n) is 6.68. The van der Waals surface area contributed by atoms with E-state index < -0.39 is 0 Å². The maximum Gasteiger partial charge on any atom is 0.315 e. The molecule has 0 heterocycles. The van der Waals surface area contributed by atoms with Crippen molar-refractivity contribution in [2.75, 3.05) is 6.54 Å². The van der Waals surface area contributed by atoms with Gasteiger partial charge >= 0.3 is 6.03 Å². The van der Waals surface area contributed by atoms with Crippen molar-refractivity contribution < 1.29 is 14.3 Å². The Morgan fingerprint density at radius 1 is 1.40 bits per heavy atom. The molecule has 1 aliphatic rings. The van der Waals surface area contributed by atoms with Crippen molar-refractivity contribution >= 4 is 22.0 Å². The van der Waals surface area contributed by atoms with Crippen LogP contribution in [0, 0.1) is 11.7 Å². The summed E-state index contributed by atoms with van der Waals surface area (Å²) in [5.41, 5.74) is 0.706. The van der Waals surface area contributed by atoms with Crippen LogP contribution in [0.25, 0.3) is 0 Å². The van der Waals surface area contributed by atoms with Gasteiger partial charge in [-0.05, 0) is 58.8 Å². The zero-order chi connectivity index (χ0) is 14.5. The highest BCUT2D eigenvalue weighted by Crippen LogP contribution is 2.24. The fourth-order valence-electron chi connectivity index (χ4n) is 2.37. The van der Waals surface area contributed by atoms with Crippen LogP contribution in [-0.4, -0.2) is 23.8 Å². The molecule has 0 spiro atoms. The molecule has 1 aliphatic carbocycles. The molecule has 0 radical (unpaired) electrons. The van der Waals surface area contributed by atoms with Crippen molar-refractivity contribution in [3.05, 3.63) is 34.1 Å². The van der Waals surface area contributed by atoms with Gasteiger partial charge in [0.25, 0.3) is 0 Å². The molecule has 0 bridgehead atoms. The van der Waals surface area contributed by atoms with Crippen LogP contribution in [0.5, 0.6) is 0 Å². The van der Waals surface area contributed by atoms with E-state index in [9.17, 15) is 14.3 Å². The molecule has 1 fully saturated rings. The Morgan fingerprint density at radius 3 is 2.85 bits per heavy atom. The molecule has 20 heavy (non-hydrogen) atoms. The Bertz CT molecular complexity index is 484. The Labute approximate surface area is 125 Å². The summed E-state index contributed by atoms with van der Waals surface area (Å²) in [4.78, 5) is 11.6. The van der Waals surface area contributed by atoms with E-state index >= 15 is 0 Å².